The van der Waals surface area contributed by atoms with E-state index in [9.17, 15) is 4.79 Å². The predicted molar refractivity (Wildman–Crippen MR) is 99.0 cm³/mol. The van der Waals surface area contributed by atoms with Gasteiger partial charge in [-0.15, -0.1) is 0 Å². The maximum Gasteiger partial charge on any atom is 0.225 e. The molecule has 0 radical (unpaired) electrons. The van der Waals surface area contributed by atoms with Crippen LogP contribution in [0, 0.1) is 6.92 Å². The third-order valence-electron chi connectivity index (χ3n) is 3.66. The normalized spacial score (nSPS) is 10.5. The fraction of sp³-hybridized carbons (Fsp3) is 0.316. The number of rotatable bonds is 8. The Hall–Kier alpha value is -2.04. The molecule has 5 heteroatoms. The lowest BCUT2D eigenvalue weighted by Crippen LogP contribution is -2.23. The Morgan fingerprint density at radius 3 is 2.58 bits per heavy atom. The van der Waals surface area contributed by atoms with Crippen molar-refractivity contribution in [3.8, 4) is 5.75 Å². The van der Waals surface area contributed by atoms with Gasteiger partial charge in [0.1, 0.15) is 5.75 Å². The Labute approximate surface area is 148 Å². The first kappa shape index (κ1) is 18.3. The monoisotopic (exact) mass is 346 g/mol. The minimum atomic E-state index is -0.0297. The van der Waals surface area contributed by atoms with Crippen molar-refractivity contribution in [3.63, 3.8) is 0 Å². The van der Waals surface area contributed by atoms with Gasteiger partial charge in [-0.3, -0.25) is 4.79 Å². The number of carbonyl (C=O) groups is 1. The Kier molecular flexibility index (Phi) is 7.09. The number of anilines is 1. The highest BCUT2D eigenvalue weighted by atomic mass is 35.5. The highest BCUT2D eigenvalue weighted by Gasteiger charge is 2.07. The molecule has 0 aliphatic carbocycles. The molecule has 2 N–H and O–H groups in total. The van der Waals surface area contributed by atoms with Crippen molar-refractivity contribution in [2.24, 2.45) is 0 Å². The molecule has 128 valence electrons. The quantitative estimate of drug-likeness (QED) is 0.714. The number of carbonyl (C=O) groups excluding carboxylic acids is 1. The molecule has 0 unspecified atom stereocenters. The number of methoxy groups -OCH3 is 1. The zero-order valence-corrected chi connectivity index (χ0v) is 14.8. The molecule has 0 atom stereocenters. The van der Waals surface area contributed by atoms with E-state index in [1.54, 1.807) is 7.11 Å². The summed E-state index contributed by atoms with van der Waals surface area (Å²) in [6.45, 7) is 3.43. The lowest BCUT2D eigenvalue weighted by Gasteiger charge is -2.11. The molecule has 2 aromatic rings. The van der Waals surface area contributed by atoms with Gasteiger partial charge in [-0.1, -0.05) is 29.8 Å². The largest absolute Gasteiger partial charge is 0.495 e. The van der Waals surface area contributed by atoms with E-state index < -0.39 is 0 Å². The standard InChI is InChI=1S/C19H23ClN2O2/c1-14-3-8-18(24-2)17(13-14)22-19(23)10-12-21-11-9-15-4-6-16(20)7-5-15/h3-8,13,21H,9-12H2,1-2H3,(H,22,23). The summed E-state index contributed by atoms with van der Waals surface area (Å²) in [5.74, 6) is 0.641. The van der Waals surface area contributed by atoms with Crippen LogP contribution in [0.4, 0.5) is 5.69 Å². The van der Waals surface area contributed by atoms with Crippen LogP contribution in [0.1, 0.15) is 17.5 Å². The molecular weight excluding hydrogens is 324 g/mol. The van der Waals surface area contributed by atoms with Crippen LogP contribution in [0.5, 0.6) is 5.75 Å². The van der Waals surface area contributed by atoms with Gasteiger partial charge in [0, 0.05) is 18.0 Å². The van der Waals surface area contributed by atoms with Gasteiger partial charge in [0.2, 0.25) is 5.91 Å². The second kappa shape index (κ2) is 9.30. The lowest BCUT2D eigenvalue weighted by atomic mass is 10.1. The molecule has 0 aromatic heterocycles. The van der Waals surface area contributed by atoms with E-state index in [4.69, 9.17) is 16.3 Å². The zero-order valence-electron chi connectivity index (χ0n) is 14.1. The van der Waals surface area contributed by atoms with E-state index in [-0.39, 0.29) is 5.91 Å². The number of ether oxygens (including phenoxy) is 1. The fourth-order valence-corrected chi connectivity index (χ4v) is 2.47. The first-order valence-electron chi connectivity index (χ1n) is 7.98. The Morgan fingerprint density at radius 1 is 1.12 bits per heavy atom. The van der Waals surface area contributed by atoms with Crippen molar-refractivity contribution >= 4 is 23.2 Å². The van der Waals surface area contributed by atoms with Crippen molar-refractivity contribution in [2.45, 2.75) is 19.8 Å². The molecule has 0 aliphatic rings. The van der Waals surface area contributed by atoms with E-state index >= 15 is 0 Å². The van der Waals surface area contributed by atoms with Gasteiger partial charge in [0.15, 0.2) is 0 Å². The van der Waals surface area contributed by atoms with Crippen LogP contribution >= 0.6 is 11.6 Å². The summed E-state index contributed by atoms with van der Waals surface area (Å²) in [4.78, 5) is 12.0. The Bertz CT molecular complexity index is 672. The second-order valence-corrected chi connectivity index (χ2v) is 6.06. The third kappa shape index (κ3) is 5.87. The smallest absolute Gasteiger partial charge is 0.225 e. The predicted octanol–water partition coefficient (Wildman–Crippen LogP) is 3.82. The minimum absolute atomic E-state index is 0.0297. The molecule has 1 amide bonds. The van der Waals surface area contributed by atoms with Gasteiger partial charge >= 0.3 is 0 Å². The average Bonchev–Trinajstić information content (AvgIpc) is 2.56. The summed E-state index contributed by atoms with van der Waals surface area (Å²) in [5.41, 5.74) is 3.01. The van der Waals surface area contributed by atoms with Crippen molar-refractivity contribution < 1.29 is 9.53 Å². The van der Waals surface area contributed by atoms with Crippen LogP contribution in [0.15, 0.2) is 42.5 Å². The minimum Gasteiger partial charge on any atom is -0.495 e. The third-order valence-corrected chi connectivity index (χ3v) is 3.91. The first-order chi connectivity index (χ1) is 11.6. The van der Waals surface area contributed by atoms with Gasteiger partial charge in [-0.2, -0.15) is 0 Å². The molecule has 0 saturated heterocycles. The topological polar surface area (TPSA) is 50.4 Å². The molecule has 0 bridgehead atoms. The van der Waals surface area contributed by atoms with Crippen molar-refractivity contribution in [1.82, 2.24) is 5.32 Å². The maximum absolute atomic E-state index is 12.0. The first-order valence-corrected chi connectivity index (χ1v) is 8.36. The molecule has 2 rings (SSSR count). The number of hydrogen-bond donors (Lipinski definition) is 2. The summed E-state index contributed by atoms with van der Waals surface area (Å²) < 4.78 is 5.26. The van der Waals surface area contributed by atoms with Gasteiger partial charge in [0.25, 0.3) is 0 Å². The van der Waals surface area contributed by atoms with Gasteiger partial charge in [0.05, 0.1) is 12.8 Å². The van der Waals surface area contributed by atoms with E-state index in [1.165, 1.54) is 5.56 Å². The SMILES string of the molecule is COc1ccc(C)cc1NC(=O)CCNCCc1ccc(Cl)cc1. The molecule has 2 aromatic carbocycles. The van der Waals surface area contributed by atoms with Crippen LogP contribution in [0.25, 0.3) is 0 Å². The molecule has 24 heavy (non-hydrogen) atoms. The highest BCUT2D eigenvalue weighted by molar-refractivity contribution is 6.30. The summed E-state index contributed by atoms with van der Waals surface area (Å²) in [6, 6.07) is 13.5. The van der Waals surface area contributed by atoms with E-state index in [0.29, 0.717) is 24.4 Å². The van der Waals surface area contributed by atoms with Gasteiger partial charge < -0.3 is 15.4 Å². The number of benzene rings is 2. The summed E-state index contributed by atoms with van der Waals surface area (Å²) in [7, 11) is 1.60. The molecular formula is C19H23ClN2O2. The highest BCUT2D eigenvalue weighted by Crippen LogP contribution is 2.25. The molecule has 0 saturated carbocycles. The van der Waals surface area contributed by atoms with Crippen molar-refractivity contribution in [1.29, 1.82) is 0 Å². The lowest BCUT2D eigenvalue weighted by molar-refractivity contribution is -0.116. The molecule has 0 fully saturated rings. The molecule has 0 heterocycles. The number of halogens is 1. The number of amides is 1. The van der Waals surface area contributed by atoms with Crippen LogP contribution in [-0.2, 0) is 11.2 Å². The summed E-state index contributed by atoms with van der Waals surface area (Å²) in [6.07, 6.45) is 1.32. The number of nitrogens with one attached hydrogen (secondary N) is 2. The summed E-state index contributed by atoms with van der Waals surface area (Å²) in [5, 5.41) is 6.92. The average molecular weight is 347 g/mol. The number of aryl methyl sites for hydroxylation is 1. The maximum atomic E-state index is 12.0. The van der Waals surface area contributed by atoms with Crippen molar-refractivity contribution in [2.75, 3.05) is 25.5 Å². The number of hydrogen-bond acceptors (Lipinski definition) is 3. The molecule has 0 aliphatic heterocycles. The van der Waals surface area contributed by atoms with Crippen LogP contribution in [-0.4, -0.2) is 26.1 Å². The fourth-order valence-electron chi connectivity index (χ4n) is 2.34. The zero-order chi connectivity index (χ0) is 17.4. The molecule has 0 spiro atoms. The van der Waals surface area contributed by atoms with Gasteiger partial charge in [-0.05, 0) is 55.3 Å². The Morgan fingerprint density at radius 2 is 1.88 bits per heavy atom. The van der Waals surface area contributed by atoms with E-state index in [1.807, 2.05) is 49.4 Å². The van der Waals surface area contributed by atoms with Gasteiger partial charge in [-0.25, -0.2) is 0 Å². The van der Waals surface area contributed by atoms with Crippen LogP contribution < -0.4 is 15.4 Å². The summed E-state index contributed by atoms with van der Waals surface area (Å²) >= 11 is 5.86. The Balaban J connectivity index is 1.70. The van der Waals surface area contributed by atoms with Crippen LogP contribution in [0.3, 0.4) is 0 Å². The molecule has 4 nitrogen and oxygen atoms in total. The van der Waals surface area contributed by atoms with E-state index in [2.05, 4.69) is 10.6 Å². The van der Waals surface area contributed by atoms with Crippen LogP contribution in [0.2, 0.25) is 5.02 Å². The van der Waals surface area contributed by atoms with E-state index in [0.717, 1.165) is 23.6 Å². The second-order valence-electron chi connectivity index (χ2n) is 5.63. The van der Waals surface area contributed by atoms with Crippen molar-refractivity contribution in [3.05, 3.63) is 58.6 Å².